The van der Waals surface area contributed by atoms with Gasteiger partial charge in [-0.15, -0.1) is 5.10 Å². The van der Waals surface area contributed by atoms with E-state index in [2.05, 4.69) is 28.2 Å². The Morgan fingerprint density at radius 2 is 1.89 bits per heavy atom. The van der Waals surface area contributed by atoms with Crippen LogP contribution in [0.15, 0.2) is 18.3 Å². The number of nitrogen functional groups attached to an aromatic ring is 1. The summed E-state index contributed by atoms with van der Waals surface area (Å²) in [5.41, 5.74) is 11.0. The highest BCUT2D eigenvalue weighted by atomic mass is 15.1. The number of anilines is 1. The van der Waals surface area contributed by atoms with Crippen molar-refractivity contribution < 1.29 is 0 Å². The lowest BCUT2D eigenvalue weighted by atomic mass is 10.1. The number of pyridine rings is 1. The molecule has 0 spiro atoms. The van der Waals surface area contributed by atoms with Crippen molar-refractivity contribution in [3.05, 3.63) is 46.4 Å². The Bertz CT molecular complexity index is 546. The number of nitrogens with zero attached hydrogens (tertiary/aromatic N) is 3. The van der Waals surface area contributed by atoms with Crippen LogP contribution in [0, 0.1) is 13.8 Å². The molecule has 0 bridgehead atoms. The molecule has 0 radical (unpaired) electrons. The van der Waals surface area contributed by atoms with Gasteiger partial charge in [-0.1, -0.05) is 13.0 Å². The van der Waals surface area contributed by atoms with Gasteiger partial charge in [0, 0.05) is 18.3 Å². The molecule has 4 nitrogen and oxygen atoms in total. The minimum atomic E-state index is 0.505. The average molecular weight is 242 g/mol. The number of nitrogens with two attached hydrogens (primary N) is 1. The van der Waals surface area contributed by atoms with E-state index in [4.69, 9.17) is 5.73 Å². The molecule has 0 aliphatic heterocycles. The second kappa shape index (κ2) is 5.12. The topological polar surface area (TPSA) is 64.7 Å². The molecule has 2 heterocycles. The molecule has 0 aliphatic rings. The van der Waals surface area contributed by atoms with Crippen LogP contribution in [-0.2, 0) is 12.8 Å². The van der Waals surface area contributed by atoms with Crippen LogP contribution in [-0.4, -0.2) is 15.2 Å². The zero-order valence-corrected chi connectivity index (χ0v) is 11.1. The highest BCUT2D eigenvalue weighted by molar-refractivity contribution is 5.44. The van der Waals surface area contributed by atoms with Crippen LogP contribution in [0.5, 0.6) is 0 Å². The first-order valence-corrected chi connectivity index (χ1v) is 6.13. The molecule has 0 fully saturated rings. The summed E-state index contributed by atoms with van der Waals surface area (Å²) >= 11 is 0. The molecule has 0 amide bonds. The quantitative estimate of drug-likeness (QED) is 0.896. The molecule has 2 rings (SSSR count). The summed E-state index contributed by atoms with van der Waals surface area (Å²) in [4.78, 5) is 4.44. The molecule has 18 heavy (non-hydrogen) atoms. The van der Waals surface area contributed by atoms with E-state index in [0.29, 0.717) is 12.2 Å². The van der Waals surface area contributed by atoms with Gasteiger partial charge in [0.15, 0.2) is 0 Å². The van der Waals surface area contributed by atoms with Crippen LogP contribution < -0.4 is 5.73 Å². The second-order valence-electron chi connectivity index (χ2n) is 4.47. The SMILES string of the molecule is CCc1ccc(Cc2nnc(N)c(C)c2C)nc1. The fourth-order valence-electron chi connectivity index (χ4n) is 1.78. The van der Waals surface area contributed by atoms with E-state index < -0.39 is 0 Å². The van der Waals surface area contributed by atoms with E-state index in [0.717, 1.165) is 28.9 Å². The third-order valence-corrected chi connectivity index (χ3v) is 3.30. The van der Waals surface area contributed by atoms with Crippen LogP contribution in [0.3, 0.4) is 0 Å². The molecule has 2 aromatic rings. The summed E-state index contributed by atoms with van der Waals surface area (Å²) in [6.07, 6.45) is 3.62. The summed E-state index contributed by atoms with van der Waals surface area (Å²) < 4.78 is 0. The molecule has 0 unspecified atom stereocenters. The molecule has 0 saturated heterocycles. The third-order valence-electron chi connectivity index (χ3n) is 3.30. The van der Waals surface area contributed by atoms with Gasteiger partial charge in [0.25, 0.3) is 0 Å². The first-order valence-electron chi connectivity index (χ1n) is 6.13. The van der Waals surface area contributed by atoms with Crippen LogP contribution >= 0.6 is 0 Å². The highest BCUT2D eigenvalue weighted by Crippen LogP contribution is 2.17. The normalized spacial score (nSPS) is 10.6. The summed E-state index contributed by atoms with van der Waals surface area (Å²) in [5.74, 6) is 0.505. The molecule has 0 aliphatic carbocycles. The molecule has 0 saturated carbocycles. The monoisotopic (exact) mass is 242 g/mol. The van der Waals surface area contributed by atoms with Gasteiger partial charge in [0.1, 0.15) is 5.82 Å². The molecular weight excluding hydrogens is 224 g/mol. The van der Waals surface area contributed by atoms with Crippen molar-refractivity contribution in [2.75, 3.05) is 5.73 Å². The zero-order chi connectivity index (χ0) is 13.1. The molecule has 0 aromatic carbocycles. The smallest absolute Gasteiger partial charge is 0.149 e. The fraction of sp³-hybridized carbons (Fsp3) is 0.357. The molecule has 2 N–H and O–H groups in total. The molecule has 0 atom stereocenters. The first kappa shape index (κ1) is 12.5. The lowest BCUT2D eigenvalue weighted by Gasteiger charge is -2.08. The predicted molar refractivity (Wildman–Crippen MR) is 72.3 cm³/mol. The molecule has 2 aromatic heterocycles. The van der Waals surface area contributed by atoms with Crippen molar-refractivity contribution in [3.63, 3.8) is 0 Å². The Morgan fingerprint density at radius 3 is 2.50 bits per heavy atom. The van der Waals surface area contributed by atoms with Gasteiger partial charge < -0.3 is 5.73 Å². The van der Waals surface area contributed by atoms with Crippen LogP contribution in [0.1, 0.15) is 35.0 Å². The van der Waals surface area contributed by atoms with Crippen molar-refractivity contribution in [2.45, 2.75) is 33.6 Å². The maximum atomic E-state index is 5.73. The lowest BCUT2D eigenvalue weighted by molar-refractivity contribution is 0.894. The maximum Gasteiger partial charge on any atom is 0.149 e. The van der Waals surface area contributed by atoms with Crippen molar-refractivity contribution in [2.24, 2.45) is 0 Å². The van der Waals surface area contributed by atoms with Gasteiger partial charge in [0.2, 0.25) is 0 Å². The number of rotatable bonds is 3. The Morgan fingerprint density at radius 1 is 1.11 bits per heavy atom. The van der Waals surface area contributed by atoms with Gasteiger partial charge in [-0.3, -0.25) is 4.98 Å². The van der Waals surface area contributed by atoms with E-state index in [1.54, 1.807) is 0 Å². The van der Waals surface area contributed by atoms with E-state index in [-0.39, 0.29) is 0 Å². The Labute approximate surface area is 107 Å². The van der Waals surface area contributed by atoms with E-state index >= 15 is 0 Å². The van der Waals surface area contributed by atoms with E-state index in [1.165, 1.54) is 5.56 Å². The number of aromatic nitrogens is 3. The predicted octanol–water partition coefficient (Wildman–Crippen LogP) is 2.22. The van der Waals surface area contributed by atoms with E-state index in [1.807, 2.05) is 26.1 Å². The van der Waals surface area contributed by atoms with Gasteiger partial charge in [-0.2, -0.15) is 5.10 Å². The van der Waals surface area contributed by atoms with Crippen LogP contribution in [0.4, 0.5) is 5.82 Å². The number of hydrogen-bond donors (Lipinski definition) is 1. The summed E-state index contributed by atoms with van der Waals surface area (Å²) in [6.45, 7) is 6.11. The fourth-order valence-corrected chi connectivity index (χ4v) is 1.78. The van der Waals surface area contributed by atoms with Gasteiger partial charge in [-0.25, -0.2) is 0 Å². The van der Waals surface area contributed by atoms with Crippen molar-refractivity contribution in [1.82, 2.24) is 15.2 Å². The average Bonchev–Trinajstić information content (AvgIpc) is 2.40. The van der Waals surface area contributed by atoms with Crippen molar-refractivity contribution in [3.8, 4) is 0 Å². The highest BCUT2D eigenvalue weighted by Gasteiger charge is 2.08. The van der Waals surface area contributed by atoms with Crippen molar-refractivity contribution in [1.29, 1.82) is 0 Å². The summed E-state index contributed by atoms with van der Waals surface area (Å²) in [7, 11) is 0. The van der Waals surface area contributed by atoms with Gasteiger partial charge in [-0.05, 0) is 43.0 Å². The minimum Gasteiger partial charge on any atom is -0.382 e. The Balaban J connectivity index is 2.25. The number of hydrogen-bond acceptors (Lipinski definition) is 4. The van der Waals surface area contributed by atoms with Crippen LogP contribution in [0.25, 0.3) is 0 Å². The molecular formula is C14H18N4. The lowest BCUT2D eigenvalue weighted by Crippen LogP contribution is -2.06. The maximum absolute atomic E-state index is 5.73. The van der Waals surface area contributed by atoms with Crippen LogP contribution in [0.2, 0.25) is 0 Å². The zero-order valence-electron chi connectivity index (χ0n) is 11.1. The summed E-state index contributed by atoms with van der Waals surface area (Å²) in [6, 6.07) is 4.15. The van der Waals surface area contributed by atoms with Crippen molar-refractivity contribution >= 4 is 5.82 Å². The Hall–Kier alpha value is -1.97. The van der Waals surface area contributed by atoms with Gasteiger partial charge >= 0.3 is 0 Å². The Kier molecular flexibility index (Phi) is 3.55. The largest absolute Gasteiger partial charge is 0.382 e. The van der Waals surface area contributed by atoms with Gasteiger partial charge in [0.05, 0.1) is 5.69 Å². The second-order valence-corrected chi connectivity index (χ2v) is 4.47. The number of aryl methyl sites for hydroxylation is 1. The summed E-state index contributed by atoms with van der Waals surface area (Å²) in [5, 5.41) is 8.13. The first-order chi connectivity index (χ1) is 8.61. The standard InChI is InChI=1S/C14H18N4/c1-4-11-5-6-12(16-8-11)7-13-9(2)10(3)14(15)18-17-13/h5-6,8H,4,7H2,1-3H3,(H2,15,18). The van der Waals surface area contributed by atoms with E-state index in [9.17, 15) is 0 Å². The third kappa shape index (κ3) is 2.47. The minimum absolute atomic E-state index is 0.505. The molecule has 94 valence electrons. The molecule has 4 heteroatoms.